The molecule has 5 heteroatoms. The molecule has 1 fully saturated rings. The van der Waals surface area contributed by atoms with E-state index in [1.807, 2.05) is 13.0 Å². The summed E-state index contributed by atoms with van der Waals surface area (Å²) in [6.07, 6.45) is 0. The smallest absolute Gasteiger partial charge is 0.227 e. The Bertz CT molecular complexity index is 505. The molecule has 1 aromatic carbocycles. The first-order valence-corrected chi connectivity index (χ1v) is 6.21. The number of rotatable bonds is 3. The number of amides is 1. The Balaban J connectivity index is 2.04. The molecule has 0 bridgehead atoms. The van der Waals surface area contributed by atoms with Crippen LogP contribution in [0.25, 0.3) is 0 Å². The molecule has 1 aromatic rings. The van der Waals surface area contributed by atoms with Crippen LogP contribution in [0.15, 0.2) is 18.2 Å². The summed E-state index contributed by atoms with van der Waals surface area (Å²) < 4.78 is 0. The maximum Gasteiger partial charge on any atom is 0.227 e. The topological polar surface area (TPSA) is 64.9 Å². The number of nitrogens with zero attached hydrogens (tertiary/aromatic N) is 1. The largest absolute Gasteiger partial charge is 0.326 e. The van der Waals surface area contributed by atoms with Crippen LogP contribution in [0.4, 0.5) is 5.69 Å². The van der Waals surface area contributed by atoms with Crippen molar-refractivity contribution in [1.29, 1.82) is 5.26 Å². The lowest BCUT2D eigenvalue weighted by Gasteiger charge is -2.31. The quantitative estimate of drug-likeness (QED) is 0.877. The Morgan fingerprint density at radius 2 is 2.33 bits per heavy atom. The highest BCUT2D eigenvalue weighted by atomic mass is 35.5. The van der Waals surface area contributed by atoms with Crippen LogP contribution in [0.1, 0.15) is 12.5 Å². The normalized spacial score (nSPS) is 16.5. The summed E-state index contributed by atoms with van der Waals surface area (Å²) in [5, 5.41) is 15.2. The highest BCUT2D eigenvalue weighted by Crippen LogP contribution is 2.22. The van der Waals surface area contributed by atoms with Gasteiger partial charge in [0.15, 0.2) is 0 Å². The summed E-state index contributed by atoms with van der Waals surface area (Å²) in [6, 6.07) is 6.90. The van der Waals surface area contributed by atoms with Crippen molar-refractivity contribution in [3.8, 4) is 6.07 Å². The first-order valence-electron chi connectivity index (χ1n) is 5.83. The van der Waals surface area contributed by atoms with Gasteiger partial charge in [-0.15, -0.1) is 0 Å². The van der Waals surface area contributed by atoms with E-state index in [4.69, 9.17) is 16.9 Å². The van der Waals surface area contributed by atoms with Crippen molar-refractivity contribution in [2.24, 2.45) is 11.8 Å². The SMILES string of the molecule is CC(C(=O)Nc1ccc(Cl)c(C#N)c1)C1CNC1. The third kappa shape index (κ3) is 2.63. The first-order chi connectivity index (χ1) is 8.61. The maximum atomic E-state index is 12.0. The van der Waals surface area contributed by atoms with E-state index < -0.39 is 0 Å². The Hall–Kier alpha value is -1.57. The van der Waals surface area contributed by atoms with Crippen molar-refractivity contribution in [2.75, 3.05) is 18.4 Å². The van der Waals surface area contributed by atoms with E-state index in [2.05, 4.69) is 10.6 Å². The molecule has 0 spiro atoms. The molecule has 1 atom stereocenters. The van der Waals surface area contributed by atoms with Crippen molar-refractivity contribution >= 4 is 23.2 Å². The Kier molecular flexibility index (Phi) is 3.85. The van der Waals surface area contributed by atoms with E-state index in [9.17, 15) is 4.79 Å². The number of carbonyl (C=O) groups excluding carboxylic acids is 1. The number of halogens is 1. The number of carbonyl (C=O) groups is 1. The van der Waals surface area contributed by atoms with E-state index in [1.54, 1.807) is 18.2 Å². The number of anilines is 1. The molecule has 4 nitrogen and oxygen atoms in total. The summed E-state index contributed by atoms with van der Waals surface area (Å²) in [6.45, 7) is 3.69. The van der Waals surface area contributed by atoms with Gasteiger partial charge in [0.25, 0.3) is 0 Å². The molecule has 0 aliphatic carbocycles. The van der Waals surface area contributed by atoms with Crippen LogP contribution in [-0.2, 0) is 4.79 Å². The monoisotopic (exact) mass is 263 g/mol. The van der Waals surface area contributed by atoms with Gasteiger partial charge in [0, 0.05) is 11.6 Å². The third-order valence-corrected chi connectivity index (χ3v) is 3.62. The minimum atomic E-state index is -0.0348. The van der Waals surface area contributed by atoms with E-state index in [-0.39, 0.29) is 11.8 Å². The van der Waals surface area contributed by atoms with Gasteiger partial charge >= 0.3 is 0 Å². The molecule has 1 aliphatic rings. The fraction of sp³-hybridized carbons (Fsp3) is 0.385. The molecule has 1 heterocycles. The summed E-state index contributed by atoms with van der Waals surface area (Å²) in [4.78, 5) is 12.0. The Labute approximate surface area is 111 Å². The molecule has 0 saturated carbocycles. The third-order valence-electron chi connectivity index (χ3n) is 3.29. The molecule has 2 rings (SSSR count). The summed E-state index contributed by atoms with van der Waals surface area (Å²) in [5.74, 6) is 0.341. The number of hydrogen-bond acceptors (Lipinski definition) is 3. The van der Waals surface area contributed by atoms with Gasteiger partial charge in [0.05, 0.1) is 10.6 Å². The fourth-order valence-electron chi connectivity index (χ4n) is 1.82. The lowest BCUT2D eigenvalue weighted by atomic mass is 9.88. The van der Waals surface area contributed by atoms with Crippen molar-refractivity contribution in [3.63, 3.8) is 0 Å². The zero-order valence-corrected chi connectivity index (χ0v) is 10.8. The van der Waals surface area contributed by atoms with Crippen LogP contribution >= 0.6 is 11.6 Å². The van der Waals surface area contributed by atoms with Crippen LogP contribution in [0.5, 0.6) is 0 Å². The number of benzene rings is 1. The maximum absolute atomic E-state index is 12.0. The molecule has 1 aliphatic heterocycles. The number of nitriles is 1. The summed E-state index contributed by atoms with van der Waals surface area (Å²) in [7, 11) is 0. The lowest BCUT2D eigenvalue weighted by molar-refractivity contribution is -0.121. The number of nitrogens with one attached hydrogen (secondary N) is 2. The molecule has 1 unspecified atom stereocenters. The van der Waals surface area contributed by atoms with Crippen LogP contribution in [-0.4, -0.2) is 19.0 Å². The van der Waals surface area contributed by atoms with Crippen LogP contribution < -0.4 is 10.6 Å². The standard InChI is InChI=1S/C13H14ClN3O/c1-8(10-6-16-7-10)13(18)17-11-2-3-12(14)9(4-11)5-15/h2-4,8,10,16H,6-7H2,1H3,(H,17,18). The van der Waals surface area contributed by atoms with Gasteiger partial charge in [0.1, 0.15) is 6.07 Å². The summed E-state index contributed by atoms with van der Waals surface area (Å²) in [5.41, 5.74) is 0.979. The molecule has 0 aromatic heterocycles. The second-order valence-electron chi connectivity index (χ2n) is 4.50. The van der Waals surface area contributed by atoms with Gasteiger partial charge in [-0.3, -0.25) is 4.79 Å². The van der Waals surface area contributed by atoms with Crippen LogP contribution in [0.2, 0.25) is 5.02 Å². The van der Waals surface area contributed by atoms with E-state index in [0.29, 0.717) is 22.2 Å². The van der Waals surface area contributed by atoms with Gasteiger partial charge in [-0.25, -0.2) is 0 Å². The van der Waals surface area contributed by atoms with Crippen LogP contribution in [0.3, 0.4) is 0 Å². The Morgan fingerprint density at radius 1 is 1.61 bits per heavy atom. The first kappa shape index (κ1) is 12.9. The Morgan fingerprint density at radius 3 is 2.89 bits per heavy atom. The van der Waals surface area contributed by atoms with Crippen molar-refractivity contribution < 1.29 is 4.79 Å². The van der Waals surface area contributed by atoms with E-state index in [0.717, 1.165) is 13.1 Å². The molecule has 94 valence electrons. The summed E-state index contributed by atoms with van der Waals surface area (Å²) >= 11 is 5.83. The molecule has 2 N–H and O–H groups in total. The minimum absolute atomic E-state index is 0.0206. The molecule has 18 heavy (non-hydrogen) atoms. The zero-order chi connectivity index (χ0) is 13.1. The zero-order valence-electron chi connectivity index (χ0n) is 10.0. The molecule has 1 saturated heterocycles. The second-order valence-corrected chi connectivity index (χ2v) is 4.91. The molecular formula is C13H14ClN3O. The van der Waals surface area contributed by atoms with Gasteiger partial charge < -0.3 is 10.6 Å². The number of hydrogen-bond donors (Lipinski definition) is 2. The fourth-order valence-corrected chi connectivity index (χ4v) is 1.98. The van der Waals surface area contributed by atoms with Gasteiger partial charge in [0.2, 0.25) is 5.91 Å². The highest BCUT2D eigenvalue weighted by Gasteiger charge is 2.28. The molecule has 1 amide bonds. The van der Waals surface area contributed by atoms with Crippen molar-refractivity contribution in [1.82, 2.24) is 5.32 Å². The van der Waals surface area contributed by atoms with Gasteiger partial charge in [-0.1, -0.05) is 18.5 Å². The van der Waals surface area contributed by atoms with Crippen LogP contribution in [0, 0.1) is 23.2 Å². The van der Waals surface area contributed by atoms with Gasteiger partial charge in [-0.2, -0.15) is 5.26 Å². The average molecular weight is 264 g/mol. The highest BCUT2D eigenvalue weighted by molar-refractivity contribution is 6.31. The van der Waals surface area contributed by atoms with E-state index in [1.165, 1.54) is 0 Å². The molecule has 0 radical (unpaired) electrons. The van der Waals surface area contributed by atoms with Gasteiger partial charge in [-0.05, 0) is 37.2 Å². The predicted octanol–water partition coefficient (Wildman–Crippen LogP) is 2.01. The second kappa shape index (κ2) is 5.38. The average Bonchev–Trinajstić information content (AvgIpc) is 2.29. The van der Waals surface area contributed by atoms with E-state index >= 15 is 0 Å². The predicted molar refractivity (Wildman–Crippen MR) is 70.3 cm³/mol. The van der Waals surface area contributed by atoms with Crippen molar-refractivity contribution in [2.45, 2.75) is 6.92 Å². The van der Waals surface area contributed by atoms with Crippen molar-refractivity contribution in [3.05, 3.63) is 28.8 Å². The molecular weight excluding hydrogens is 250 g/mol. The lowest BCUT2D eigenvalue weighted by Crippen LogP contribution is -2.48. The minimum Gasteiger partial charge on any atom is -0.326 e.